The summed E-state index contributed by atoms with van der Waals surface area (Å²) in [5, 5.41) is 0. The molecule has 0 spiro atoms. The van der Waals surface area contributed by atoms with Gasteiger partial charge >= 0.3 is 0 Å². The molecule has 1 aliphatic rings. The first-order valence-corrected chi connectivity index (χ1v) is 7.22. The monoisotopic (exact) mass is 299 g/mol. The van der Waals surface area contributed by atoms with E-state index in [0.717, 1.165) is 11.1 Å². The number of rotatable bonds is 4. The third-order valence-corrected chi connectivity index (χ3v) is 4.13. The summed E-state index contributed by atoms with van der Waals surface area (Å²) in [6, 6.07) is 16.3. The molecular formula is C18H18FNO2. The molecule has 3 rings (SSSR count). The van der Waals surface area contributed by atoms with Gasteiger partial charge in [0.2, 0.25) is 5.67 Å². The van der Waals surface area contributed by atoms with Crippen LogP contribution in [0.3, 0.4) is 0 Å². The summed E-state index contributed by atoms with van der Waals surface area (Å²) < 4.78 is 19.8. The highest BCUT2D eigenvalue weighted by Gasteiger charge is 2.58. The molecule has 4 heteroatoms. The molecule has 114 valence electrons. The highest BCUT2D eigenvalue weighted by molar-refractivity contribution is 5.92. The summed E-state index contributed by atoms with van der Waals surface area (Å²) in [5.41, 5.74) is -0.0881. The van der Waals surface area contributed by atoms with Crippen LogP contribution >= 0.6 is 0 Å². The third-order valence-electron chi connectivity index (χ3n) is 4.13. The Labute approximate surface area is 129 Å². The number of hydrogen-bond donors (Lipinski definition) is 0. The van der Waals surface area contributed by atoms with E-state index in [0.29, 0.717) is 12.3 Å². The third kappa shape index (κ3) is 2.34. The molecule has 0 bridgehead atoms. The van der Waals surface area contributed by atoms with Crippen molar-refractivity contribution in [3.8, 4) is 5.75 Å². The van der Waals surface area contributed by atoms with Gasteiger partial charge in [-0.1, -0.05) is 42.5 Å². The Bertz CT molecular complexity index is 667. The summed E-state index contributed by atoms with van der Waals surface area (Å²) in [5.74, 6) is 0.252. The Hall–Kier alpha value is -2.36. The number of β-lactam (4-membered cyclic amide) rings is 1. The van der Waals surface area contributed by atoms with Crippen LogP contribution in [0.15, 0.2) is 54.6 Å². The van der Waals surface area contributed by atoms with Crippen LogP contribution < -0.4 is 4.74 Å². The smallest absolute Gasteiger partial charge is 0.263 e. The molecular weight excluding hydrogens is 281 g/mol. The predicted octanol–water partition coefficient (Wildman–Crippen LogP) is 3.51. The number of carbonyl (C=O) groups excluding carboxylic acids is 1. The van der Waals surface area contributed by atoms with Gasteiger partial charge in [0.1, 0.15) is 11.8 Å². The van der Waals surface area contributed by atoms with Crippen LogP contribution in [0.1, 0.15) is 24.1 Å². The predicted molar refractivity (Wildman–Crippen MR) is 82.2 cm³/mol. The molecule has 2 atom stereocenters. The molecule has 3 nitrogen and oxygen atoms in total. The van der Waals surface area contributed by atoms with Crippen molar-refractivity contribution in [3.05, 3.63) is 65.7 Å². The van der Waals surface area contributed by atoms with Crippen LogP contribution in [0.5, 0.6) is 5.75 Å². The molecule has 1 amide bonds. The first-order valence-electron chi connectivity index (χ1n) is 7.22. The van der Waals surface area contributed by atoms with Gasteiger partial charge in [-0.05, 0) is 30.2 Å². The lowest BCUT2D eigenvalue weighted by molar-refractivity contribution is -0.176. The normalized spacial score (nSPS) is 24.0. The number of methoxy groups -OCH3 is 1. The second-order valence-electron chi connectivity index (χ2n) is 5.67. The fourth-order valence-electron chi connectivity index (χ4n) is 2.96. The first kappa shape index (κ1) is 14.6. The van der Waals surface area contributed by atoms with E-state index in [1.165, 1.54) is 6.92 Å². The molecule has 2 aromatic rings. The van der Waals surface area contributed by atoms with E-state index in [1.807, 2.05) is 42.5 Å². The van der Waals surface area contributed by atoms with Gasteiger partial charge in [0.25, 0.3) is 5.91 Å². The topological polar surface area (TPSA) is 29.5 Å². The second kappa shape index (κ2) is 5.44. The van der Waals surface area contributed by atoms with Gasteiger partial charge in [-0.25, -0.2) is 4.39 Å². The van der Waals surface area contributed by atoms with Crippen LogP contribution in [0.4, 0.5) is 4.39 Å². The summed E-state index contributed by atoms with van der Waals surface area (Å²) in [7, 11) is 1.59. The van der Waals surface area contributed by atoms with Crippen LogP contribution in [-0.4, -0.2) is 23.6 Å². The number of nitrogens with zero attached hydrogens (tertiary/aromatic N) is 1. The highest BCUT2D eigenvalue weighted by Crippen LogP contribution is 2.46. The number of alkyl halides is 1. The zero-order valence-electron chi connectivity index (χ0n) is 12.6. The summed E-state index contributed by atoms with van der Waals surface area (Å²) in [6.07, 6.45) is 0. The van der Waals surface area contributed by atoms with Crippen molar-refractivity contribution in [1.29, 1.82) is 0 Å². The Morgan fingerprint density at radius 2 is 1.77 bits per heavy atom. The largest absolute Gasteiger partial charge is 0.497 e. The van der Waals surface area contributed by atoms with Crippen LogP contribution in [0, 0.1) is 0 Å². The van der Waals surface area contributed by atoms with Crippen LogP contribution in [-0.2, 0) is 11.3 Å². The van der Waals surface area contributed by atoms with Gasteiger partial charge in [0.05, 0.1) is 7.11 Å². The van der Waals surface area contributed by atoms with Crippen LogP contribution in [0.2, 0.25) is 0 Å². The van der Waals surface area contributed by atoms with Crippen molar-refractivity contribution in [2.75, 3.05) is 7.11 Å². The van der Waals surface area contributed by atoms with Crippen molar-refractivity contribution < 1.29 is 13.9 Å². The number of amides is 1. The molecule has 1 aliphatic heterocycles. The number of halogens is 1. The molecule has 1 fully saturated rings. The first-order chi connectivity index (χ1) is 10.5. The zero-order valence-corrected chi connectivity index (χ0v) is 12.6. The standard InChI is InChI=1S/C18H18FNO2/c1-18(19)16(14-8-10-15(22-2)11-9-14)20(17(18)21)12-13-6-4-3-5-7-13/h3-11,16H,12H2,1-2H3/t16-,18+/m0/s1. The molecule has 1 heterocycles. The molecule has 0 saturated carbocycles. The van der Waals surface area contributed by atoms with Crippen molar-refractivity contribution in [1.82, 2.24) is 4.90 Å². The maximum Gasteiger partial charge on any atom is 0.263 e. The number of ether oxygens (including phenoxy) is 1. The summed E-state index contributed by atoms with van der Waals surface area (Å²) >= 11 is 0. The maximum absolute atomic E-state index is 14.7. The number of likely N-dealkylation sites (tertiary alicyclic amines) is 1. The molecule has 1 saturated heterocycles. The minimum atomic E-state index is -1.86. The Morgan fingerprint density at radius 3 is 2.36 bits per heavy atom. The van der Waals surface area contributed by atoms with Crippen LogP contribution in [0.25, 0.3) is 0 Å². The Morgan fingerprint density at radius 1 is 1.14 bits per heavy atom. The molecule has 0 N–H and O–H groups in total. The minimum Gasteiger partial charge on any atom is -0.497 e. The molecule has 0 aliphatic carbocycles. The molecule has 22 heavy (non-hydrogen) atoms. The van der Waals surface area contributed by atoms with E-state index in [9.17, 15) is 9.18 Å². The fraction of sp³-hybridized carbons (Fsp3) is 0.278. The van der Waals surface area contributed by atoms with Crippen molar-refractivity contribution in [3.63, 3.8) is 0 Å². The second-order valence-corrected chi connectivity index (χ2v) is 5.67. The molecule has 0 unspecified atom stereocenters. The van der Waals surface area contributed by atoms with E-state index < -0.39 is 17.6 Å². The van der Waals surface area contributed by atoms with Gasteiger partial charge in [-0.3, -0.25) is 4.79 Å². The zero-order chi connectivity index (χ0) is 15.7. The average Bonchev–Trinajstić information content (AvgIpc) is 2.55. The SMILES string of the molecule is COc1ccc([C@@H]2N(Cc3ccccc3)C(=O)[C@]2(C)F)cc1. The lowest BCUT2D eigenvalue weighted by Crippen LogP contribution is -2.63. The number of benzene rings is 2. The van der Waals surface area contributed by atoms with E-state index in [1.54, 1.807) is 24.1 Å². The number of hydrogen-bond acceptors (Lipinski definition) is 2. The van der Waals surface area contributed by atoms with E-state index in [-0.39, 0.29) is 0 Å². The lowest BCUT2D eigenvalue weighted by atomic mass is 9.80. The molecule has 0 radical (unpaired) electrons. The van der Waals surface area contributed by atoms with Gasteiger partial charge in [0, 0.05) is 6.54 Å². The maximum atomic E-state index is 14.7. The molecule has 0 aromatic heterocycles. The molecule has 2 aromatic carbocycles. The van der Waals surface area contributed by atoms with Gasteiger partial charge in [-0.2, -0.15) is 0 Å². The minimum absolute atomic E-state index is 0.413. The highest BCUT2D eigenvalue weighted by atomic mass is 19.1. The Kier molecular flexibility index (Phi) is 3.61. The summed E-state index contributed by atoms with van der Waals surface area (Å²) in [4.78, 5) is 13.7. The Balaban J connectivity index is 1.87. The number of carbonyl (C=O) groups is 1. The quantitative estimate of drug-likeness (QED) is 0.809. The lowest BCUT2D eigenvalue weighted by Gasteiger charge is -2.50. The van der Waals surface area contributed by atoms with Gasteiger partial charge < -0.3 is 9.64 Å². The van der Waals surface area contributed by atoms with Gasteiger partial charge in [0.15, 0.2) is 0 Å². The van der Waals surface area contributed by atoms with Crippen molar-refractivity contribution >= 4 is 5.91 Å². The van der Waals surface area contributed by atoms with Gasteiger partial charge in [-0.15, -0.1) is 0 Å². The average molecular weight is 299 g/mol. The van der Waals surface area contributed by atoms with E-state index in [4.69, 9.17) is 4.74 Å². The fourth-order valence-corrected chi connectivity index (χ4v) is 2.96. The van der Waals surface area contributed by atoms with E-state index in [2.05, 4.69) is 0 Å². The summed E-state index contributed by atoms with van der Waals surface area (Å²) in [6.45, 7) is 1.77. The van der Waals surface area contributed by atoms with Crippen molar-refractivity contribution in [2.45, 2.75) is 25.2 Å². The van der Waals surface area contributed by atoms with Crippen molar-refractivity contribution in [2.24, 2.45) is 0 Å². The van der Waals surface area contributed by atoms with E-state index >= 15 is 0 Å².